The van der Waals surface area contributed by atoms with E-state index >= 15 is 0 Å². The van der Waals surface area contributed by atoms with Crippen LogP contribution in [0.15, 0.2) is 73.8 Å². The van der Waals surface area contributed by atoms with Gasteiger partial charge in [0.25, 0.3) is 0 Å². The molecule has 11 rings (SSSR count). The highest BCUT2D eigenvalue weighted by Crippen LogP contribution is 2.41. The predicted octanol–water partition coefficient (Wildman–Crippen LogP) is 1.94. The predicted molar refractivity (Wildman–Crippen MR) is 519 cm³/mol. The molecular weight excluding hydrogens is 1990 g/mol. The number of anilines is 4. The third kappa shape index (κ3) is 40.5. The number of urea groups is 1. The molecule has 10 N–H and O–H groups in total. The SMILES string of the molecule is CC1(C)C(=O)c2ccc(-c3cnc(N4CCN5C(=O)N(CCCOCCOCCOCCOCCNC(=O)CCCc6cn(CCCCCC(=O)NC(COCCC(=O)NCCOCCOCCOCCOC[C@H]7OC[C@H](Nc8cncc(C(F)(F)F)n8)[C@@H](O)[C@H]7O)COCCC(=O)NCCOCCOCCOCCOC[C@H]7OC[C@H](Nc8cncc(C(F)(F)F)n8)[C@@H](O)[C@H]7O)nn6)C[C@@H]5C4)nc3)nc2N1Cc1cccnc1C#N. The Bertz CT molecular complexity index is 4940. The highest BCUT2D eigenvalue weighted by Gasteiger charge is 2.47. The molecule has 0 saturated carbocycles. The molecule has 0 aromatic carbocycles. The Morgan fingerprint density at radius 1 is 0.527 bits per heavy atom. The highest BCUT2D eigenvalue weighted by atomic mass is 19.4. The van der Waals surface area contributed by atoms with Gasteiger partial charge in [0.2, 0.25) is 29.6 Å². The molecule has 6 aromatic rings. The minimum Gasteiger partial charge on any atom is -0.388 e. The van der Waals surface area contributed by atoms with Crippen molar-refractivity contribution in [3.63, 3.8) is 0 Å². The van der Waals surface area contributed by atoms with E-state index in [1.165, 1.54) is 0 Å². The number of nitrogens with one attached hydrogen (secondary N) is 6. The van der Waals surface area contributed by atoms with E-state index in [1.54, 1.807) is 41.5 Å². The van der Waals surface area contributed by atoms with Gasteiger partial charge < -0.3 is 148 Å². The molecule has 54 heteroatoms. The number of aromatic nitrogens is 11. The Morgan fingerprint density at radius 3 is 1.53 bits per heavy atom. The van der Waals surface area contributed by atoms with Crippen molar-refractivity contribution >= 4 is 58.8 Å². The van der Waals surface area contributed by atoms with Crippen LogP contribution >= 0.6 is 0 Å². The number of hydrogen-bond donors (Lipinski definition) is 10. The second kappa shape index (κ2) is 64.1. The van der Waals surface area contributed by atoms with Crippen molar-refractivity contribution in [2.24, 2.45) is 0 Å². The summed E-state index contributed by atoms with van der Waals surface area (Å²) in [6, 6.07) is 6.77. The zero-order valence-corrected chi connectivity index (χ0v) is 84.3. The fourth-order valence-electron chi connectivity index (χ4n) is 16.2. The normalized spacial score (nSPS) is 19.2. The van der Waals surface area contributed by atoms with Crippen molar-refractivity contribution in [2.75, 3.05) is 271 Å². The Morgan fingerprint density at radius 2 is 1.02 bits per heavy atom. The number of carbonyl (C=O) groups excluding carboxylic acids is 6. The molecule has 5 aliphatic heterocycles. The number of piperazine rings is 1. The van der Waals surface area contributed by atoms with Gasteiger partial charge in [-0.1, -0.05) is 17.7 Å². The summed E-state index contributed by atoms with van der Waals surface area (Å²) in [5.74, 6) is -0.411. The van der Waals surface area contributed by atoms with E-state index in [2.05, 4.69) is 78.1 Å². The van der Waals surface area contributed by atoms with Crippen LogP contribution in [0.25, 0.3) is 11.3 Å². The lowest BCUT2D eigenvalue weighted by atomic mass is 9.97. The van der Waals surface area contributed by atoms with Crippen LogP contribution in [0.5, 0.6) is 0 Å². The summed E-state index contributed by atoms with van der Waals surface area (Å²) in [5.41, 5.74) is 0.199. The average Bonchev–Trinajstić information content (AvgIpc) is 1.59. The molecule has 830 valence electrons. The summed E-state index contributed by atoms with van der Waals surface area (Å²) in [6.07, 6.45) is -2.46. The zero-order valence-electron chi connectivity index (χ0n) is 84.3. The van der Waals surface area contributed by atoms with Crippen LogP contribution < -0.4 is 41.7 Å². The second-order valence-electron chi connectivity index (χ2n) is 36.0. The number of aliphatic hydroxyl groups is 4. The van der Waals surface area contributed by atoms with E-state index in [1.807, 2.05) is 40.8 Å². The molecule has 6 amide bonds. The van der Waals surface area contributed by atoms with Gasteiger partial charge in [-0.25, -0.2) is 34.7 Å². The first kappa shape index (κ1) is 119. The van der Waals surface area contributed by atoms with Crippen LogP contribution in [0, 0.1) is 11.3 Å². The monoisotopic (exact) mass is 2130 g/mol. The topological polar surface area (TPSA) is 574 Å². The molecular formula is C96H138F6N22O26. The minimum atomic E-state index is -4.72. The van der Waals surface area contributed by atoms with E-state index in [0.717, 1.165) is 18.1 Å². The van der Waals surface area contributed by atoms with Gasteiger partial charge in [-0.3, -0.25) is 38.6 Å². The van der Waals surface area contributed by atoms with Gasteiger partial charge in [-0.2, -0.15) is 31.6 Å². The average molecular weight is 2130 g/mol. The number of amides is 6. The molecule has 11 heterocycles. The molecule has 0 unspecified atom stereocenters. The second-order valence-corrected chi connectivity index (χ2v) is 36.0. The van der Waals surface area contributed by atoms with Crippen LogP contribution in [0.4, 0.5) is 54.5 Å². The van der Waals surface area contributed by atoms with Gasteiger partial charge in [-0.05, 0) is 64.2 Å². The number of aliphatic hydroxyl groups excluding tert-OH is 4. The Balaban J connectivity index is 0.472. The number of pyridine rings is 2. The number of nitrogens with zero attached hydrogens (tertiary/aromatic N) is 16. The van der Waals surface area contributed by atoms with E-state index < -0.39 is 84.0 Å². The fourth-order valence-corrected chi connectivity index (χ4v) is 16.2. The number of nitriles is 1. The third-order valence-corrected chi connectivity index (χ3v) is 24.4. The summed E-state index contributed by atoms with van der Waals surface area (Å²) in [4.78, 5) is 119. The molecule has 6 aromatic heterocycles. The van der Waals surface area contributed by atoms with Crippen molar-refractivity contribution in [1.82, 2.24) is 85.9 Å². The first-order valence-corrected chi connectivity index (χ1v) is 50.2. The summed E-state index contributed by atoms with van der Waals surface area (Å²) in [7, 11) is 0. The van der Waals surface area contributed by atoms with E-state index in [0.29, 0.717) is 196 Å². The van der Waals surface area contributed by atoms with Crippen LogP contribution in [0.2, 0.25) is 0 Å². The third-order valence-electron chi connectivity index (χ3n) is 24.4. The van der Waals surface area contributed by atoms with Gasteiger partial charge in [0.1, 0.15) is 65.8 Å². The molecule has 150 heavy (non-hydrogen) atoms. The molecule has 5 aliphatic rings. The summed E-state index contributed by atoms with van der Waals surface area (Å²) in [6.45, 7) is 13.8. The Hall–Kier alpha value is -11.0. The number of fused-ring (bicyclic) bond motifs is 2. The van der Waals surface area contributed by atoms with Crippen LogP contribution in [-0.2, 0) is 127 Å². The summed E-state index contributed by atoms with van der Waals surface area (Å²) < 4.78 is 170. The summed E-state index contributed by atoms with van der Waals surface area (Å²) in [5, 5.41) is 77.1. The molecule has 4 saturated heterocycles. The van der Waals surface area contributed by atoms with Crippen molar-refractivity contribution < 1.29 is 151 Å². The number of hydrogen-bond acceptors (Lipinski definition) is 41. The largest absolute Gasteiger partial charge is 0.434 e. The number of rotatable bonds is 73. The van der Waals surface area contributed by atoms with Crippen molar-refractivity contribution in [2.45, 2.75) is 170 Å². The maximum absolute atomic E-state index is 13.5. The molecule has 9 atom stereocenters. The quantitative estimate of drug-likeness (QED) is 0.0193. The van der Waals surface area contributed by atoms with Gasteiger partial charge in [0.15, 0.2) is 17.2 Å². The van der Waals surface area contributed by atoms with Gasteiger partial charge >= 0.3 is 18.4 Å². The lowest BCUT2D eigenvalue weighted by Crippen LogP contribution is -2.57. The molecule has 48 nitrogen and oxygen atoms in total. The number of Topliss-reactive ketones (excluding diaryl/α,β-unsaturated/α-hetero) is 1. The number of aryl methyl sites for hydroxylation is 2. The van der Waals surface area contributed by atoms with E-state index in [-0.39, 0.29) is 237 Å². The van der Waals surface area contributed by atoms with E-state index in [9.17, 15) is 80.8 Å². The van der Waals surface area contributed by atoms with Crippen LogP contribution in [-0.4, -0.2) is 437 Å². The highest BCUT2D eigenvalue weighted by molar-refractivity contribution is 6.13. The van der Waals surface area contributed by atoms with Crippen molar-refractivity contribution in [3.8, 4) is 17.3 Å². The fraction of sp³-hybridized carbons (Fsp3) is 0.677. The molecule has 0 bridgehead atoms. The van der Waals surface area contributed by atoms with Gasteiger partial charge in [0, 0.05) is 134 Å². The smallest absolute Gasteiger partial charge is 0.388 e. The van der Waals surface area contributed by atoms with Crippen molar-refractivity contribution in [1.29, 1.82) is 5.26 Å². The number of halogens is 6. The van der Waals surface area contributed by atoms with Crippen molar-refractivity contribution in [3.05, 3.63) is 108 Å². The first-order valence-electron chi connectivity index (χ1n) is 50.2. The lowest BCUT2D eigenvalue weighted by Gasteiger charge is -2.38. The minimum absolute atomic E-state index is 0.00736. The number of ether oxygens (including phenoxy) is 16. The molecule has 4 fully saturated rings. The number of ketones is 1. The maximum Gasteiger partial charge on any atom is 0.434 e. The standard InChI is InChI=1S/C96H138F6N22O26/c1-94(2)90(133)71-13-14-72(115-91(71)124(94)56-66-9-7-17-106-73(66)49-103)67-50-110-92(111-51-67)120-23-24-123-70(58-120)59-121(93(123)134)21-8-25-135-31-35-139-39-40-140-36-32-136-28-18-107-82(125)12-6-10-68-57-122(119-118-68)22-5-3-4-11-85(128)112-69(60-145-26-15-83(126)108-19-29-137-33-37-141-41-43-143-45-47-147-64-76-88(131)86(129)74(62-149-76)113-80-54-104-52-78(116-80)95(97,98)99)61-146-27-16-84(127)109-20-30-138-34-38-142-42-44-144-46-48-148-65-77-89(132)87(130)75(63-150-77)114-81-55-105-53-79(117-81)96(100,101)102/h7,9,13-14,17,50-55,57,69-70,74-77,86-89,129-132H,3-6,8,10-12,15-16,18-48,56,58-65H2,1-2H3,(H,107,125)(H,108,126)(H,109,127)(H,112,128)(H,113,116)(H,114,117)/t70-,74-,75-,76+,77+,86+,87+,88-,89-/m0/s1. The Labute approximate surface area is 863 Å². The first-order chi connectivity index (χ1) is 72.6. The maximum atomic E-state index is 13.5. The Kier molecular flexibility index (Phi) is 50.9. The summed E-state index contributed by atoms with van der Waals surface area (Å²) >= 11 is 0. The van der Waals surface area contributed by atoms with Crippen LogP contribution in [0.3, 0.4) is 0 Å². The van der Waals surface area contributed by atoms with E-state index in [4.69, 9.17) is 90.7 Å². The number of unbranched alkanes of at least 4 members (excludes halogenated alkanes) is 2. The molecule has 0 spiro atoms. The number of alkyl halides is 6. The van der Waals surface area contributed by atoms with Gasteiger partial charge in [-0.15, -0.1) is 5.10 Å². The molecule has 0 aliphatic carbocycles. The molecule has 0 radical (unpaired) electrons. The zero-order chi connectivity index (χ0) is 107. The number of carbonyl (C=O) groups is 6. The lowest BCUT2D eigenvalue weighted by molar-refractivity contribution is -0.161. The van der Waals surface area contributed by atoms with Gasteiger partial charge in [0.05, 0.1) is 263 Å². The van der Waals surface area contributed by atoms with Crippen LogP contribution in [0.1, 0.15) is 110 Å².